The van der Waals surface area contributed by atoms with Crippen molar-refractivity contribution in [2.75, 3.05) is 0 Å². The number of carboxylic acids is 1. The summed E-state index contributed by atoms with van der Waals surface area (Å²) in [5.74, 6) is -2.23. The van der Waals surface area contributed by atoms with E-state index in [-0.39, 0.29) is 36.3 Å². The van der Waals surface area contributed by atoms with Crippen LogP contribution in [0.2, 0.25) is 0 Å². The number of Topliss-reactive ketones (excluding diaryl/α,β-unsaturated/α-hetero) is 1. The molecule has 1 aromatic carbocycles. The number of aldehydes is 1. The highest BCUT2D eigenvalue weighted by atomic mass is 16.4. The standard InChI is InChI=1S/C16H16O6/c17-9-10-2-1-5-16(7-10,15(21)22)8-14(20)12-6-11(18)3-4-13(12)19/h2-4,6,9,18-19H,1,5,7-8H2,(H,21,22)/t16-/m1/s1. The van der Waals surface area contributed by atoms with Gasteiger partial charge < -0.3 is 15.3 Å². The van der Waals surface area contributed by atoms with Gasteiger partial charge in [-0.15, -0.1) is 0 Å². The van der Waals surface area contributed by atoms with Gasteiger partial charge in [-0.1, -0.05) is 6.08 Å². The number of carboxylic acid groups (broad SMARTS) is 1. The van der Waals surface area contributed by atoms with Gasteiger partial charge in [0.2, 0.25) is 0 Å². The van der Waals surface area contributed by atoms with Gasteiger partial charge in [0.1, 0.15) is 17.8 Å². The van der Waals surface area contributed by atoms with Gasteiger partial charge in [0.05, 0.1) is 11.0 Å². The Labute approximate surface area is 126 Å². The van der Waals surface area contributed by atoms with E-state index in [9.17, 15) is 29.7 Å². The number of benzene rings is 1. The number of hydrogen-bond donors (Lipinski definition) is 3. The zero-order chi connectivity index (χ0) is 16.3. The lowest BCUT2D eigenvalue weighted by molar-refractivity contribution is -0.149. The lowest BCUT2D eigenvalue weighted by Crippen LogP contribution is -2.36. The first-order valence-corrected chi connectivity index (χ1v) is 6.81. The highest BCUT2D eigenvalue weighted by Gasteiger charge is 2.42. The molecule has 1 aliphatic carbocycles. The number of phenolic OH excluding ortho intramolecular Hbond substituents is 2. The van der Waals surface area contributed by atoms with Crippen molar-refractivity contribution in [3.8, 4) is 11.5 Å². The minimum Gasteiger partial charge on any atom is -0.508 e. The number of phenols is 2. The third kappa shape index (κ3) is 3.00. The molecule has 3 N–H and O–H groups in total. The second kappa shape index (κ2) is 6.01. The van der Waals surface area contributed by atoms with Crippen LogP contribution in [0.1, 0.15) is 36.0 Å². The fourth-order valence-corrected chi connectivity index (χ4v) is 2.73. The van der Waals surface area contributed by atoms with E-state index in [0.717, 1.165) is 6.07 Å². The number of aliphatic carboxylic acids is 1. The monoisotopic (exact) mass is 304 g/mol. The molecule has 0 spiro atoms. The van der Waals surface area contributed by atoms with Crippen LogP contribution in [0.15, 0.2) is 29.8 Å². The molecule has 0 unspecified atom stereocenters. The van der Waals surface area contributed by atoms with Crippen molar-refractivity contribution >= 4 is 18.0 Å². The summed E-state index contributed by atoms with van der Waals surface area (Å²) >= 11 is 0. The van der Waals surface area contributed by atoms with Crippen molar-refractivity contribution in [1.82, 2.24) is 0 Å². The van der Waals surface area contributed by atoms with Crippen LogP contribution in [-0.2, 0) is 9.59 Å². The van der Waals surface area contributed by atoms with E-state index in [2.05, 4.69) is 0 Å². The van der Waals surface area contributed by atoms with E-state index in [1.807, 2.05) is 0 Å². The van der Waals surface area contributed by atoms with Gasteiger partial charge in [0.25, 0.3) is 0 Å². The highest BCUT2D eigenvalue weighted by Crippen LogP contribution is 2.41. The second-order valence-electron chi connectivity index (χ2n) is 5.50. The minimum atomic E-state index is -1.36. The topological polar surface area (TPSA) is 112 Å². The Morgan fingerprint density at radius 1 is 1.27 bits per heavy atom. The molecule has 116 valence electrons. The SMILES string of the molecule is O=CC1=CCC[C@@](CC(=O)c2cc(O)ccc2O)(C(=O)O)C1. The Balaban J connectivity index is 2.31. The number of hydrogen-bond acceptors (Lipinski definition) is 5. The van der Waals surface area contributed by atoms with E-state index in [4.69, 9.17) is 0 Å². The Morgan fingerprint density at radius 2 is 2.00 bits per heavy atom. The predicted octanol–water partition coefficient (Wildman–Crippen LogP) is 2.05. The van der Waals surface area contributed by atoms with Crippen LogP contribution < -0.4 is 0 Å². The van der Waals surface area contributed by atoms with Gasteiger partial charge in [0.15, 0.2) is 5.78 Å². The molecule has 1 atom stereocenters. The van der Waals surface area contributed by atoms with Crippen LogP contribution in [0.5, 0.6) is 11.5 Å². The molecule has 0 saturated carbocycles. The quantitative estimate of drug-likeness (QED) is 0.436. The van der Waals surface area contributed by atoms with Crippen LogP contribution in [0.4, 0.5) is 0 Å². The number of ketones is 1. The first-order chi connectivity index (χ1) is 10.4. The lowest BCUT2D eigenvalue weighted by atomic mass is 9.70. The number of aromatic hydroxyl groups is 2. The average molecular weight is 304 g/mol. The highest BCUT2D eigenvalue weighted by molar-refractivity contribution is 6.01. The molecule has 6 nitrogen and oxygen atoms in total. The van der Waals surface area contributed by atoms with Gasteiger partial charge in [-0.05, 0) is 43.0 Å². The van der Waals surface area contributed by atoms with Crippen LogP contribution in [0.3, 0.4) is 0 Å². The van der Waals surface area contributed by atoms with Crippen molar-refractivity contribution in [3.63, 3.8) is 0 Å². The van der Waals surface area contributed by atoms with Gasteiger partial charge >= 0.3 is 5.97 Å². The van der Waals surface area contributed by atoms with Crippen LogP contribution in [0.25, 0.3) is 0 Å². The molecule has 0 saturated heterocycles. The Hall–Kier alpha value is -2.63. The summed E-state index contributed by atoms with van der Waals surface area (Å²) in [6.07, 6.45) is 2.56. The Kier molecular flexibility index (Phi) is 4.30. The first-order valence-electron chi connectivity index (χ1n) is 6.81. The fraction of sp³-hybridized carbons (Fsp3) is 0.312. The molecular weight excluding hydrogens is 288 g/mol. The third-order valence-electron chi connectivity index (χ3n) is 3.96. The van der Waals surface area contributed by atoms with Gasteiger partial charge in [-0.25, -0.2) is 0 Å². The molecular formula is C16H16O6. The van der Waals surface area contributed by atoms with E-state index in [1.54, 1.807) is 6.08 Å². The molecule has 0 bridgehead atoms. The summed E-state index contributed by atoms with van der Waals surface area (Å²) in [5.41, 5.74) is -1.12. The average Bonchev–Trinajstić information content (AvgIpc) is 2.49. The summed E-state index contributed by atoms with van der Waals surface area (Å²) in [6, 6.07) is 3.51. The summed E-state index contributed by atoms with van der Waals surface area (Å²) in [5, 5.41) is 28.6. The lowest BCUT2D eigenvalue weighted by Gasteiger charge is -2.31. The maximum Gasteiger partial charge on any atom is 0.310 e. The molecule has 1 aliphatic rings. The zero-order valence-electron chi connectivity index (χ0n) is 11.8. The molecule has 0 aliphatic heterocycles. The predicted molar refractivity (Wildman–Crippen MR) is 76.8 cm³/mol. The molecule has 0 amide bonds. The van der Waals surface area contributed by atoms with E-state index in [1.165, 1.54) is 12.1 Å². The van der Waals surface area contributed by atoms with E-state index >= 15 is 0 Å². The molecule has 22 heavy (non-hydrogen) atoms. The van der Waals surface area contributed by atoms with Crippen LogP contribution >= 0.6 is 0 Å². The van der Waals surface area contributed by atoms with Crippen molar-refractivity contribution < 1.29 is 29.7 Å². The maximum absolute atomic E-state index is 12.3. The smallest absolute Gasteiger partial charge is 0.310 e. The van der Waals surface area contributed by atoms with E-state index < -0.39 is 17.2 Å². The van der Waals surface area contributed by atoms with Crippen molar-refractivity contribution in [2.24, 2.45) is 5.41 Å². The molecule has 0 radical (unpaired) electrons. The molecule has 0 aromatic heterocycles. The number of rotatable bonds is 5. The van der Waals surface area contributed by atoms with Gasteiger partial charge in [0, 0.05) is 6.42 Å². The molecule has 1 aromatic rings. The fourth-order valence-electron chi connectivity index (χ4n) is 2.73. The number of carbonyl (C=O) groups excluding carboxylic acids is 2. The molecule has 2 rings (SSSR count). The number of carbonyl (C=O) groups is 3. The van der Waals surface area contributed by atoms with Gasteiger partial charge in [-0.3, -0.25) is 14.4 Å². The zero-order valence-corrected chi connectivity index (χ0v) is 11.8. The normalized spacial score (nSPS) is 21.0. The summed E-state index contributed by atoms with van der Waals surface area (Å²) in [6.45, 7) is 0. The summed E-state index contributed by atoms with van der Waals surface area (Å²) in [7, 11) is 0. The maximum atomic E-state index is 12.3. The summed E-state index contributed by atoms with van der Waals surface area (Å²) < 4.78 is 0. The molecule has 6 heteroatoms. The first kappa shape index (κ1) is 15.8. The minimum absolute atomic E-state index is 0.0167. The largest absolute Gasteiger partial charge is 0.508 e. The Bertz CT molecular complexity index is 661. The third-order valence-corrected chi connectivity index (χ3v) is 3.96. The molecule has 0 heterocycles. The van der Waals surface area contributed by atoms with Crippen molar-refractivity contribution in [3.05, 3.63) is 35.4 Å². The van der Waals surface area contributed by atoms with Crippen LogP contribution in [0, 0.1) is 5.41 Å². The van der Waals surface area contributed by atoms with E-state index in [0.29, 0.717) is 18.3 Å². The second-order valence-corrected chi connectivity index (χ2v) is 5.50. The Morgan fingerprint density at radius 3 is 2.64 bits per heavy atom. The van der Waals surface area contributed by atoms with Gasteiger partial charge in [-0.2, -0.15) is 0 Å². The van der Waals surface area contributed by atoms with Crippen molar-refractivity contribution in [1.29, 1.82) is 0 Å². The molecule has 0 fully saturated rings. The number of allylic oxidation sites excluding steroid dienone is 2. The summed E-state index contributed by atoms with van der Waals surface area (Å²) in [4.78, 5) is 34.9. The van der Waals surface area contributed by atoms with Crippen molar-refractivity contribution in [2.45, 2.75) is 25.7 Å². The van der Waals surface area contributed by atoms with Crippen LogP contribution in [-0.4, -0.2) is 33.4 Å².